The molecule has 1 unspecified atom stereocenters. The molecule has 1 saturated heterocycles. The maximum atomic E-state index is 13.0. The van der Waals surface area contributed by atoms with Gasteiger partial charge >= 0.3 is 0 Å². The molecular weight excluding hydrogens is 400 g/mol. The molecule has 1 atom stereocenters. The number of rotatable bonds is 7. The van der Waals surface area contributed by atoms with Crippen molar-refractivity contribution in [2.75, 3.05) is 24.9 Å². The molecule has 1 heterocycles. The molecule has 3 rings (SSSR count). The molecule has 30 heavy (non-hydrogen) atoms. The number of hydrogen-bond acceptors (Lipinski definition) is 4. The lowest BCUT2D eigenvalue weighted by Crippen LogP contribution is -2.32. The summed E-state index contributed by atoms with van der Waals surface area (Å²) < 4.78 is 33.3. The third kappa shape index (κ3) is 5.53. The second kappa shape index (κ2) is 9.98. The summed E-state index contributed by atoms with van der Waals surface area (Å²) in [4.78, 5) is 15.0. The summed E-state index contributed by atoms with van der Waals surface area (Å²) in [7, 11) is -2.25. The van der Waals surface area contributed by atoms with Crippen LogP contribution in [0.3, 0.4) is 0 Å². The van der Waals surface area contributed by atoms with Crippen molar-refractivity contribution in [3.63, 3.8) is 0 Å². The second-order valence-corrected chi connectivity index (χ2v) is 9.42. The monoisotopic (exact) mass is 430 g/mol. The minimum absolute atomic E-state index is 0.0721. The number of sulfonamides is 1. The first kappa shape index (κ1) is 22.2. The average molecular weight is 431 g/mol. The average Bonchev–Trinajstić information content (AvgIpc) is 2.99. The van der Waals surface area contributed by atoms with E-state index in [1.165, 1.54) is 25.0 Å². The van der Waals surface area contributed by atoms with Gasteiger partial charge in [-0.1, -0.05) is 25.8 Å². The first-order valence-corrected chi connectivity index (χ1v) is 12.0. The van der Waals surface area contributed by atoms with E-state index >= 15 is 0 Å². The molecule has 0 bridgehead atoms. The molecule has 1 aliphatic heterocycles. The van der Waals surface area contributed by atoms with Crippen molar-refractivity contribution in [3.8, 4) is 5.75 Å². The Morgan fingerprint density at radius 3 is 2.60 bits per heavy atom. The van der Waals surface area contributed by atoms with Crippen molar-refractivity contribution < 1.29 is 17.9 Å². The highest BCUT2D eigenvalue weighted by Gasteiger charge is 2.23. The van der Waals surface area contributed by atoms with Crippen molar-refractivity contribution in [1.29, 1.82) is 0 Å². The number of amides is 1. The molecule has 1 amide bonds. The summed E-state index contributed by atoms with van der Waals surface area (Å²) in [6, 6.07) is 12.9. The normalized spacial score (nSPS) is 17.3. The van der Waals surface area contributed by atoms with Crippen LogP contribution in [0.15, 0.2) is 53.4 Å². The van der Waals surface area contributed by atoms with Crippen LogP contribution in [-0.4, -0.2) is 39.4 Å². The molecular formula is C23H30N2O4S. The molecule has 0 saturated carbocycles. The van der Waals surface area contributed by atoms with E-state index in [0.717, 1.165) is 32.4 Å². The lowest BCUT2D eigenvalue weighted by Gasteiger charge is -2.21. The zero-order valence-corrected chi connectivity index (χ0v) is 18.5. The number of ether oxygens (including phenoxy) is 1. The summed E-state index contributed by atoms with van der Waals surface area (Å²) >= 11 is 0. The Morgan fingerprint density at radius 2 is 1.90 bits per heavy atom. The van der Waals surface area contributed by atoms with Crippen LogP contribution in [0.25, 0.3) is 0 Å². The predicted octanol–water partition coefficient (Wildman–Crippen LogP) is 4.54. The fraction of sp³-hybridized carbons (Fsp3) is 0.435. The predicted molar refractivity (Wildman–Crippen MR) is 118 cm³/mol. The van der Waals surface area contributed by atoms with Gasteiger partial charge in [0.2, 0.25) is 0 Å². The Bertz CT molecular complexity index is 957. The molecule has 6 nitrogen and oxygen atoms in total. The lowest BCUT2D eigenvalue weighted by atomic mass is 9.96. The third-order valence-electron chi connectivity index (χ3n) is 5.57. The van der Waals surface area contributed by atoms with Crippen LogP contribution in [0, 0.1) is 5.92 Å². The van der Waals surface area contributed by atoms with Crippen molar-refractivity contribution >= 4 is 21.6 Å². The van der Waals surface area contributed by atoms with Gasteiger partial charge in [-0.15, -0.1) is 0 Å². The first-order chi connectivity index (χ1) is 14.4. The standard InChI is InChI=1S/C23H30N2O4S/c1-3-6-18-7-5-15-25(16-14-18)23(26)19-8-4-9-22(17-19)30(27,28)24-20-10-12-21(29-2)13-11-20/h4,8-13,17-18,24H,3,5-7,14-16H2,1-2H3. The fourth-order valence-electron chi connectivity index (χ4n) is 3.92. The summed E-state index contributed by atoms with van der Waals surface area (Å²) in [6.07, 6.45) is 5.52. The minimum atomic E-state index is -3.80. The van der Waals surface area contributed by atoms with E-state index in [1.807, 2.05) is 4.90 Å². The van der Waals surface area contributed by atoms with Crippen LogP contribution in [0.4, 0.5) is 5.69 Å². The topological polar surface area (TPSA) is 75.7 Å². The molecule has 2 aromatic carbocycles. The maximum Gasteiger partial charge on any atom is 0.261 e. The SMILES string of the molecule is CCCC1CCCN(C(=O)c2cccc(S(=O)(=O)Nc3ccc(OC)cc3)c2)CC1. The molecule has 0 radical (unpaired) electrons. The highest BCUT2D eigenvalue weighted by Crippen LogP contribution is 2.24. The van der Waals surface area contributed by atoms with Gasteiger partial charge < -0.3 is 9.64 Å². The van der Waals surface area contributed by atoms with E-state index in [2.05, 4.69) is 11.6 Å². The molecule has 162 valence electrons. The summed E-state index contributed by atoms with van der Waals surface area (Å²) in [5, 5.41) is 0. The van der Waals surface area contributed by atoms with E-state index in [-0.39, 0.29) is 10.8 Å². The number of likely N-dealkylation sites (tertiary alicyclic amines) is 1. The molecule has 0 aliphatic carbocycles. The van der Waals surface area contributed by atoms with Gasteiger partial charge in [-0.3, -0.25) is 9.52 Å². The zero-order valence-electron chi connectivity index (χ0n) is 17.6. The van der Waals surface area contributed by atoms with Crippen LogP contribution in [0.1, 0.15) is 49.4 Å². The Kier molecular flexibility index (Phi) is 7.37. The number of nitrogens with zero attached hydrogens (tertiary/aromatic N) is 1. The molecule has 0 spiro atoms. The number of benzene rings is 2. The van der Waals surface area contributed by atoms with Gasteiger partial charge in [0.25, 0.3) is 15.9 Å². The van der Waals surface area contributed by atoms with Crippen LogP contribution in [-0.2, 0) is 10.0 Å². The Hall–Kier alpha value is -2.54. The molecule has 7 heteroatoms. The second-order valence-electron chi connectivity index (χ2n) is 7.74. The first-order valence-electron chi connectivity index (χ1n) is 10.5. The smallest absolute Gasteiger partial charge is 0.261 e. The van der Waals surface area contributed by atoms with Gasteiger partial charge in [0, 0.05) is 24.3 Å². The summed E-state index contributed by atoms with van der Waals surface area (Å²) in [5.74, 6) is 1.21. The van der Waals surface area contributed by atoms with Crippen LogP contribution in [0.5, 0.6) is 5.75 Å². The number of anilines is 1. The van der Waals surface area contributed by atoms with Crippen molar-refractivity contribution in [2.45, 2.75) is 43.9 Å². The van der Waals surface area contributed by atoms with E-state index in [0.29, 0.717) is 22.9 Å². The summed E-state index contributed by atoms with van der Waals surface area (Å²) in [5.41, 5.74) is 0.837. The minimum Gasteiger partial charge on any atom is -0.497 e. The van der Waals surface area contributed by atoms with Crippen molar-refractivity contribution in [2.24, 2.45) is 5.92 Å². The molecule has 1 fully saturated rings. The number of methoxy groups -OCH3 is 1. The maximum absolute atomic E-state index is 13.0. The Labute approximate surface area is 179 Å². The zero-order chi connectivity index (χ0) is 21.6. The van der Waals surface area contributed by atoms with E-state index in [1.54, 1.807) is 43.5 Å². The van der Waals surface area contributed by atoms with Crippen LogP contribution in [0.2, 0.25) is 0 Å². The molecule has 1 N–H and O–H groups in total. The van der Waals surface area contributed by atoms with Gasteiger partial charge in [-0.05, 0) is 67.6 Å². The number of carbonyl (C=O) groups excluding carboxylic acids is 1. The summed E-state index contributed by atoms with van der Waals surface area (Å²) in [6.45, 7) is 3.64. The quantitative estimate of drug-likeness (QED) is 0.700. The van der Waals surface area contributed by atoms with Gasteiger partial charge in [-0.25, -0.2) is 8.42 Å². The van der Waals surface area contributed by atoms with E-state index in [4.69, 9.17) is 4.74 Å². The van der Waals surface area contributed by atoms with Gasteiger partial charge in [0.15, 0.2) is 0 Å². The highest BCUT2D eigenvalue weighted by atomic mass is 32.2. The van der Waals surface area contributed by atoms with Gasteiger partial charge in [0.1, 0.15) is 5.75 Å². The van der Waals surface area contributed by atoms with Gasteiger partial charge in [0.05, 0.1) is 12.0 Å². The lowest BCUT2D eigenvalue weighted by molar-refractivity contribution is 0.0759. The molecule has 1 aliphatic rings. The van der Waals surface area contributed by atoms with Crippen LogP contribution >= 0.6 is 0 Å². The largest absolute Gasteiger partial charge is 0.497 e. The third-order valence-corrected chi connectivity index (χ3v) is 6.94. The number of carbonyl (C=O) groups is 1. The van der Waals surface area contributed by atoms with Crippen molar-refractivity contribution in [1.82, 2.24) is 4.90 Å². The number of nitrogens with one attached hydrogen (secondary N) is 1. The highest BCUT2D eigenvalue weighted by molar-refractivity contribution is 7.92. The Balaban J connectivity index is 1.73. The van der Waals surface area contributed by atoms with Gasteiger partial charge in [-0.2, -0.15) is 0 Å². The number of hydrogen-bond donors (Lipinski definition) is 1. The fourth-order valence-corrected chi connectivity index (χ4v) is 5.02. The molecule has 2 aromatic rings. The molecule has 0 aromatic heterocycles. The van der Waals surface area contributed by atoms with E-state index in [9.17, 15) is 13.2 Å². The van der Waals surface area contributed by atoms with Crippen LogP contribution < -0.4 is 9.46 Å². The van der Waals surface area contributed by atoms with Crippen molar-refractivity contribution in [3.05, 3.63) is 54.1 Å². The Morgan fingerprint density at radius 1 is 1.13 bits per heavy atom. The van der Waals surface area contributed by atoms with E-state index < -0.39 is 10.0 Å².